The second kappa shape index (κ2) is 10.4. The lowest BCUT2D eigenvalue weighted by Gasteiger charge is -2.28. The van der Waals surface area contributed by atoms with E-state index >= 15 is 0 Å². The van der Waals surface area contributed by atoms with Crippen LogP contribution in [-0.4, -0.2) is 29.3 Å². The van der Waals surface area contributed by atoms with Gasteiger partial charge in [0.05, 0.1) is 5.69 Å². The van der Waals surface area contributed by atoms with Crippen LogP contribution in [0, 0.1) is 5.41 Å². The van der Waals surface area contributed by atoms with E-state index in [2.05, 4.69) is 41.5 Å². The molecule has 1 heterocycles. The van der Waals surface area contributed by atoms with Crippen LogP contribution in [0.25, 0.3) is 0 Å². The van der Waals surface area contributed by atoms with Crippen molar-refractivity contribution in [3.63, 3.8) is 0 Å². The molecule has 2 rings (SSSR count). The van der Waals surface area contributed by atoms with Crippen molar-refractivity contribution in [1.82, 2.24) is 20.4 Å². The van der Waals surface area contributed by atoms with Crippen LogP contribution in [0.4, 0.5) is 0 Å². The number of nitrogens with zero attached hydrogens (tertiary/aromatic N) is 3. The molecule has 1 fully saturated rings. The van der Waals surface area contributed by atoms with E-state index < -0.39 is 0 Å². The Morgan fingerprint density at radius 1 is 1.16 bits per heavy atom. The molecule has 0 saturated heterocycles. The first-order valence-corrected chi connectivity index (χ1v) is 9.57. The maximum Gasteiger partial charge on any atom is 0.191 e. The van der Waals surface area contributed by atoms with Crippen LogP contribution in [0.15, 0.2) is 4.99 Å². The summed E-state index contributed by atoms with van der Waals surface area (Å²) in [4.78, 5) is 4.41. The minimum Gasteiger partial charge on any atom is -0.356 e. The molecule has 6 heteroatoms. The lowest BCUT2D eigenvalue weighted by atomic mass is 9.83. The van der Waals surface area contributed by atoms with Gasteiger partial charge in [-0.15, -0.1) is 24.0 Å². The van der Waals surface area contributed by atoms with Crippen molar-refractivity contribution in [2.45, 2.75) is 72.3 Å². The minimum atomic E-state index is 0. The van der Waals surface area contributed by atoms with Gasteiger partial charge in [-0.05, 0) is 37.5 Å². The quantitative estimate of drug-likeness (QED) is 0.369. The van der Waals surface area contributed by atoms with Gasteiger partial charge < -0.3 is 10.6 Å². The number of aromatic nitrogens is 2. The summed E-state index contributed by atoms with van der Waals surface area (Å²) in [5.74, 6) is 0.905. The fourth-order valence-corrected chi connectivity index (χ4v) is 4.04. The van der Waals surface area contributed by atoms with E-state index in [1.807, 2.05) is 18.8 Å². The molecule has 0 aromatic carbocycles. The van der Waals surface area contributed by atoms with Crippen molar-refractivity contribution in [2.75, 3.05) is 13.6 Å². The zero-order chi connectivity index (χ0) is 17.6. The number of hydrogen-bond acceptors (Lipinski definition) is 2. The predicted octanol–water partition coefficient (Wildman–Crippen LogP) is 3.80. The van der Waals surface area contributed by atoms with Crippen LogP contribution >= 0.6 is 24.0 Å². The van der Waals surface area contributed by atoms with Crippen molar-refractivity contribution < 1.29 is 0 Å². The van der Waals surface area contributed by atoms with E-state index in [-0.39, 0.29) is 24.0 Å². The predicted molar refractivity (Wildman–Crippen MR) is 117 cm³/mol. The average molecular weight is 461 g/mol. The van der Waals surface area contributed by atoms with E-state index in [1.165, 1.54) is 49.1 Å². The molecule has 0 spiro atoms. The second-order valence-electron chi connectivity index (χ2n) is 7.04. The molecule has 0 atom stereocenters. The Labute approximate surface area is 170 Å². The highest BCUT2D eigenvalue weighted by atomic mass is 127. The molecule has 1 aromatic heterocycles. The van der Waals surface area contributed by atoms with Gasteiger partial charge in [-0.3, -0.25) is 9.67 Å². The first kappa shape index (κ1) is 22.3. The van der Waals surface area contributed by atoms with Crippen LogP contribution in [0.5, 0.6) is 0 Å². The summed E-state index contributed by atoms with van der Waals surface area (Å²) in [5, 5.41) is 11.7. The Morgan fingerprint density at radius 2 is 1.84 bits per heavy atom. The van der Waals surface area contributed by atoms with Crippen molar-refractivity contribution in [2.24, 2.45) is 17.5 Å². The third-order valence-electron chi connectivity index (χ3n) is 5.73. The third-order valence-corrected chi connectivity index (χ3v) is 5.73. The van der Waals surface area contributed by atoms with Gasteiger partial charge in [0.25, 0.3) is 0 Å². The molecule has 0 radical (unpaired) electrons. The smallest absolute Gasteiger partial charge is 0.191 e. The van der Waals surface area contributed by atoms with Crippen LogP contribution in [0.3, 0.4) is 0 Å². The monoisotopic (exact) mass is 461 g/mol. The zero-order valence-electron chi connectivity index (χ0n) is 16.6. The van der Waals surface area contributed by atoms with E-state index in [0.717, 1.165) is 31.9 Å². The van der Waals surface area contributed by atoms with E-state index in [9.17, 15) is 0 Å². The maximum atomic E-state index is 4.65. The molecular formula is C19H36IN5. The highest BCUT2D eigenvalue weighted by Gasteiger charge is 2.31. The lowest BCUT2D eigenvalue weighted by Crippen LogP contribution is -2.42. The number of hydrogen-bond donors (Lipinski definition) is 2. The van der Waals surface area contributed by atoms with Gasteiger partial charge in [-0.2, -0.15) is 5.10 Å². The van der Waals surface area contributed by atoms with Crippen LogP contribution in [0.2, 0.25) is 0 Å². The van der Waals surface area contributed by atoms with Crippen molar-refractivity contribution in [3.8, 4) is 0 Å². The van der Waals surface area contributed by atoms with Gasteiger partial charge in [-0.1, -0.05) is 33.6 Å². The number of halogens is 1. The number of guanidine groups is 1. The number of rotatable bonds is 7. The topological polar surface area (TPSA) is 54.2 Å². The van der Waals surface area contributed by atoms with Crippen molar-refractivity contribution in [3.05, 3.63) is 17.0 Å². The molecule has 1 aromatic rings. The number of aliphatic imine (C=N–C) groups is 1. The Bertz CT molecular complexity index is 558. The Hall–Kier alpha value is -0.790. The van der Waals surface area contributed by atoms with Crippen molar-refractivity contribution in [1.29, 1.82) is 0 Å². The summed E-state index contributed by atoms with van der Waals surface area (Å²) in [5.41, 5.74) is 4.31. The molecule has 2 N–H and O–H groups in total. The van der Waals surface area contributed by atoms with Gasteiger partial charge in [0.2, 0.25) is 0 Å². The van der Waals surface area contributed by atoms with E-state index in [4.69, 9.17) is 0 Å². The Balaban J connectivity index is 0.00000312. The number of aryl methyl sites for hydroxylation is 2. The molecule has 0 unspecified atom stereocenters. The molecule has 5 nitrogen and oxygen atoms in total. The van der Waals surface area contributed by atoms with Crippen LogP contribution < -0.4 is 10.6 Å². The van der Waals surface area contributed by atoms with E-state index in [0.29, 0.717) is 5.41 Å². The average Bonchev–Trinajstić information content (AvgIpc) is 3.19. The standard InChI is InChI=1S/C19H35N5.HI/c1-6-16-15(17(7-2)24(5)23-16)13-21-18(20-4)22-14-19(8-3)11-9-10-12-19;/h6-14H2,1-5H3,(H2,20,21,22);1H. The Morgan fingerprint density at radius 3 is 2.36 bits per heavy atom. The third kappa shape index (κ3) is 5.34. The Kier molecular flexibility index (Phi) is 9.24. The van der Waals surface area contributed by atoms with Crippen molar-refractivity contribution >= 4 is 29.9 Å². The summed E-state index contributed by atoms with van der Waals surface area (Å²) >= 11 is 0. The van der Waals surface area contributed by atoms with Gasteiger partial charge in [0, 0.05) is 38.4 Å². The fraction of sp³-hybridized carbons (Fsp3) is 0.789. The number of nitrogens with one attached hydrogen (secondary N) is 2. The van der Waals surface area contributed by atoms with Gasteiger partial charge in [0.1, 0.15) is 0 Å². The SMILES string of the molecule is CCc1nn(C)c(CC)c1CNC(=NC)NCC1(CC)CCCC1.I. The summed E-state index contributed by atoms with van der Waals surface area (Å²) < 4.78 is 2.02. The van der Waals surface area contributed by atoms with E-state index in [1.54, 1.807) is 0 Å². The van der Waals surface area contributed by atoms with Crippen LogP contribution in [-0.2, 0) is 26.4 Å². The van der Waals surface area contributed by atoms with Gasteiger partial charge in [-0.25, -0.2) is 0 Å². The molecule has 144 valence electrons. The second-order valence-corrected chi connectivity index (χ2v) is 7.04. The molecule has 1 aliphatic carbocycles. The summed E-state index contributed by atoms with van der Waals surface area (Å²) in [7, 11) is 3.90. The lowest BCUT2D eigenvalue weighted by molar-refractivity contribution is 0.283. The molecule has 1 aliphatic rings. The normalized spacial score (nSPS) is 16.6. The fourth-order valence-electron chi connectivity index (χ4n) is 4.04. The minimum absolute atomic E-state index is 0. The molecule has 0 aliphatic heterocycles. The maximum absolute atomic E-state index is 4.65. The first-order chi connectivity index (χ1) is 11.6. The summed E-state index contributed by atoms with van der Waals surface area (Å²) in [6.45, 7) is 8.50. The zero-order valence-corrected chi connectivity index (χ0v) is 18.9. The highest BCUT2D eigenvalue weighted by molar-refractivity contribution is 14.0. The molecule has 0 amide bonds. The van der Waals surface area contributed by atoms with Crippen LogP contribution in [0.1, 0.15) is 69.8 Å². The summed E-state index contributed by atoms with van der Waals surface area (Å²) in [6, 6.07) is 0. The molecule has 1 saturated carbocycles. The van der Waals surface area contributed by atoms with Gasteiger partial charge >= 0.3 is 0 Å². The van der Waals surface area contributed by atoms with Gasteiger partial charge in [0.15, 0.2) is 5.96 Å². The molecule has 25 heavy (non-hydrogen) atoms. The highest BCUT2D eigenvalue weighted by Crippen LogP contribution is 2.40. The molecule has 0 bridgehead atoms. The molecular weight excluding hydrogens is 425 g/mol. The largest absolute Gasteiger partial charge is 0.356 e. The summed E-state index contributed by atoms with van der Waals surface area (Å²) in [6.07, 6.45) is 8.65. The first-order valence-electron chi connectivity index (χ1n) is 9.57.